The topological polar surface area (TPSA) is 3.88 Å². The molecule has 0 spiro atoms. The molecule has 1 nitrogen and oxygen atoms in total. The molecule has 0 N–H and O–H groups in total. The molecule has 0 atom stereocenters. The first-order chi connectivity index (χ1) is 8.42. The molecule has 2 heteroatoms. The van der Waals surface area contributed by atoms with Gasteiger partial charge in [-0.15, -0.1) is 0 Å². The molecule has 0 aliphatic carbocycles. The van der Waals surface area contributed by atoms with Crippen molar-refractivity contribution in [2.24, 2.45) is 0 Å². The van der Waals surface area contributed by atoms with Crippen LogP contribution in [0.1, 0.15) is 26.2 Å². The summed E-state index contributed by atoms with van der Waals surface area (Å²) in [7, 11) is 0. The molecule has 0 aliphatic heterocycles. The fraction of sp³-hybridized carbons (Fsp3) is 0.400. The van der Waals surface area contributed by atoms with Gasteiger partial charge in [0.25, 0.3) is 0 Å². The smallest absolute Gasteiger partial charge is 0.189 e. The zero-order chi connectivity index (χ0) is 11.9. The number of pyridine rings is 1. The van der Waals surface area contributed by atoms with Crippen molar-refractivity contribution in [1.29, 1.82) is 0 Å². The number of para-hydroxylation sites is 1. The first-order valence-electron chi connectivity index (χ1n) is 6.37. The van der Waals surface area contributed by atoms with Crippen LogP contribution in [0.5, 0.6) is 0 Å². The van der Waals surface area contributed by atoms with Gasteiger partial charge in [-0.05, 0) is 24.3 Å². The van der Waals surface area contributed by atoms with Crippen LogP contribution in [0.2, 0.25) is 0 Å². The molecule has 2 rings (SSSR count). The second kappa shape index (κ2) is 6.65. The van der Waals surface area contributed by atoms with Crippen LogP contribution in [-0.4, -0.2) is 5.75 Å². The van der Waals surface area contributed by atoms with Gasteiger partial charge in [-0.3, -0.25) is 0 Å². The zero-order valence-corrected chi connectivity index (χ0v) is 11.2. The summed E-state index contributed by atoms with van der Waals surface area (Å²) >= 11 is 2.02. The summed E-state index contributed by atoms with van der Waals surface area (Å²) in [5.74, 6) is 2.33. The number of rotatable bonds is 6. The Balaban J connectivity index is 1.98. The summed E-state index contributed by atoms with van der Waals surface area (Å²) in [6.45, 7) is 2.25. The predicted octanol–water partition coefficient (Wildman–Crippen LogP) is 4.01. The van der Waals surface area contributed by atoms with E-state index in [-0.39, 0.29) is 0 Å². The van der Waals surface area contributed by atoms with Crippen molar-refractivity contribution in [2.45, 2.75) is 32.1 Å². The second-order valence-electron chi connectivity index (χ2n) is 4.28. The summed E-state index contributed by atoms with van der Waals surface area (Å²) in [4.78, 5) is 0. The van der Waals surface area contributed by atoms with E-state index >= 15 is 0 Å². The van der Waals surface area contributed by atoms with Crippen LogP contribution in [-0.2, 0) is 5.88 Å². The first-order valence-corrected chi connectivity index (χ1v) is 7.52. The third kappa shape index (κ3) is 3.47. The van der Waals surface area contributed by atoms with Gasteiger partial charge in [0.2, 0.25) is 5.52 Å². The van der Waals surface area contributed by atoms with E-state index < -0.39 is 0 Å². The number of hydrogen-bond donors (Lipinski definition) is 0. The lowest BCUT2D eigenvalue weighted by atomic mass is 10.2. The quantitative estimate of drug-likeness (QED) is 0.550. The van der Waals surface area contributed by atoms with Crippen LogP contribution in [0.15, 0.2) is 42.6 Å². The Morgan fingerprint density at radius 2 is 1.88 bits per heavy atom. The Kier molecular flexibility index (Phi) is 4.87. The summed E-state index contributed by atoms with van der Waals surface area (Å²) in [5.41, 5.74) is 1.33. The van der Waals surface area contributed by atoms with E-state index in [1.807, 2.05) is 11.8 Å². The maximum absolute atomic E-state index is 2.34. The van der Waals surface area contributed by atoms with E-state index in [0.717, 1.165) is 5.88 Å². The number of hydrogen-bond acceptors (Lipinski definition) is 1. The minimum atomic E-state index is 1.06. The molecule has 0 bridgehead atoms. The molecule has 0 amide bonds. The van der Waals surface area contributed by atoms with E-state index in [4.69, 9.17) is 0 Å². The zero-order valence-electron chi connectivity index (χ0n) is 10.4. The highest BCUT2D eigenvalue weighted by Gasteiger charge is 2.06. The molecule has 90 valence electrons. The number of fused-ring (bicyclic) bond motifs is 1. The van der Waals surface area contributed by atoms with Gasteiger partial charge in [-0.25, -0.2) is 0 Å². The van der Waals surface area contributed by atoms with Gasteiger partial charge < -0.3 is 0 Å². The van der Waals surface area contributed by atoms with E-state index in [1.54, 1.807) is 0 Å². The molecular weight excluding hydrogens is 226 g/mol. The van der Waals surface area contributed by atoms with Gasteiger partial charge in [-0.1, -0.05) is 43.7 Å². The summed E-state index contributed by atoms with van der Waals surface area (Å²) in [5, 5.41) is 1.32. The Hall–Kier alpha value is -1.02. The molecule has 1 aromatic carbocycles. The second-order valence-corrected chi connectivity index (χ2v) is 5.36. The lowest BCUT2D eigenvalue weighted by molar-refractivity contribution is -0.649. The molecular formula is C15H20NS+. The Bertz CT molecular complexity index is 462. The van der Waals surface area contributed by atoms with Gasteiger partial charge in [0.05, 0.1) is 0 Å². The number of benzene rings is 1. The fourth-order valence-corrected chi connectivity index (χ4v) is 2.91. The van der Waals surface area contributed by atoms with Gasteiger partial charge in [0, 0.05) is 17.5 Å². The summed E-state index contributed by atoms with van der Waals surface area (Å²) < 4.78 is 2.34. The summed E-state index contributed by atoms with van der Waals surface area (Å²) in [6.07, 6.45) is 6.18. The van der Waals surface area contributed by atoms with Crippen LogP contribution >= 0.6 is 11.8 Å². The van der Waals surface area contributed by atoms with Crippen molar-refractivity contribution in [3.63, 3.8) is 0 Å². The molecule has 1 heterocycles. The van der Waals surface area contributed by atoms with E-state index in [1.165, 1.54) is 35.9 Å². The number of aromatic nitrogens is 1. The van der Waals surface area contributed by atoms with Crippen molar-refractivity contribution < 1.29 is 4.57 Å². The monoisotopic (exact) mass is 246 g/mol. The Morgan fingerprint density at radius 3 is 2.76 bits per heavy atom. The predicted molar refractivity (Wildman–Crippen MR) is 76.1 cm³/mol. The van der Waals surface area contributed by atoms with Crippen LogP contribution < -0.4 is 4.57 Å². The van der Waals surface area contributed by atoms with E-state index in [9.17, 15) is 0 Å². The minimum absolute atomic E-state index is 1.06. The van der Waals surface area contributed by atoms with Crippen molar-refractivity contribution in [3.05, 3.63) is 42.6 Å². The van der Waals surface area contributed by atoms with Crippen LogP contribution in [0.3, 0.4) is 0 Å². The third-order valence-electron chi connectivity index (χ3n) is 2.91. The SMILES string of the molecule is CCCCCSC[n+]1cccc2ccccc21. The van der Waals surface area contributed by atoms with Crippen molar-refractivity contribution in [3.8, 4) is 0 Å². The van der Waals surface area contributed by atoms with Crippen LogP contribution in [0.25, 0.3) is 10.9 Å². The van der Waals surface area contributed by atoms with Crippen molar-refractivity contribution >= 4 is 22.7 Å². The van der Waals surface area contributed by atoms with Crippen LogP contribution in [0.4, 0.5) is 0 Å². The molecule has 0 aliphatic rings. The maximum Gasteiger partial charge on any atom is 0.213 e. The van der Waals surface area contributed by atoms with Crippen molar-refractivity contribution in [2.75, 3.05) is 5.75 Å². The van der Waals surface area contributed by atoms with Gasteiger partial charge in [0.1, 0.15) is 0 Å². The number of unbranched alkanes of at least 4 members (excludes halogenated alkanes) is 2. The normalized spacial score (nSPS) is 10.9. The van der Waals surface area contributed by atoms with Crippen LogP contribution in [0, 0.1) is 0 Å². The molecule has 17 heavy (non-hydrogen) atoms. The first kappa shape index (κ1) is 12.4. The fourth-order valence-electron chi connectivity index (χ4n) is 1.95. The average Bonchev–Trinajstić information content (AvgIpc) is 2.39. The highest BCUT2D eigenvalue weighted by atomic mass is 32.2. The number of nitrogens with zero attached hydrogens (tertiary/aromatic N) is 1. The summed E-state index contributed by atoms with van der Waals surface area (Å²) in [6, 6.07) is 12.9. The number of thioether (sulfide) groups is 1. The molecule has 0 fully saturated rings. The Labute approximate surface area is 108 Å². The highest BCUT2D eigenvalue weighted by molar-refractivity contribution is 7.98. The standard InChI is InChI=1S/C15H20NS/c1-2-3-6-12-17-13-16-11-7-9-14-8-4-5-10-15(14)16/h4-5,7-11H,2-3,6,12-13H2,1H3/q+1. The Morgan fingerprint density at radius 1 is 1.06 bits per heavy atom. The lowest BCUT2D eigenvalue weighted by Gasteiger charge is -2.01. The lowest BCUT2D eigenvalue weighted by Crippen LogP contribution is -2.32. The van der Waals surface area contributed by atoms with Crippen molar-refractivity contribution in [1.82, 2.24) is 0 Å². The van der Waals surface area contributed by atoms with Gasteiger partial charge in [-0.2, -0.15) is 4.57 Å². The van der Waals surface area contributed by atoms with E-state index in [0.29, 0.717) is 0 Å². The van der Waals surface area contributed by atoms with Gasteiger partial charge >= 0.3 is 0 Å². The molecule has 1 aromatic heterocycles. The third-order valence-corrected chi connectivity index (χ3v) is 3.95. The molecule has 0 radical (unpaired) electrons. The molecule has 0 saturated heterocycles. The molecule has 0 saturated carbocycles. The maximum atomic E-state index is 2.34. The molecule has 0 unspecified atom stereocenters. The van der Waals surface area contributed by atoms with Gasteiger partial charge in [0.15, 0.2) is 12.1 Å². The molecule has 2 aromatic rings. The van der Waals surface area contributed by atoms with E-state index in [2.05, 4.69) is 54.1 Å². The highest BCUT2D eigenvalue weighted by Crippen LogP contribution is 2.11. The average molecular weight is 246 g/mol. The minimum Gasteiger partial charge on any atom is -0.189 e. The largest absolute Gasteiger partial charge is 0.213 e.